The minimum Gasteiger partial charge on any atom is -0.467 e. The number of hydrogen-bond donors (Lipinski definition) is 1. The Morgan fingerprint density at radius 1 is 1.50 bits per heavy atom. The molecule has 0 unspecified atom stereocenters. The fourth-order valence-corrected chi connectivity index (χ4v) is 2.29. The molecule has 1 heterocycles. The predicted molar refractivity (Wildman–Crippen MR) is 76.4 cm³/mol. The largest absolute Gasteiger partial charge is 0.467 e. The van der Waals surface area contributed by atoms with Gasteiger partial charge in [0, 0.05) is 13.1 Å². The van der Waals surface area contributed by atoms with E-state index in [1.807, 2.05) is 19.9 Å². The summed E-state index contributed by atoms with van der Waals surface area (Å²) in [5, 5.41) is 8.76. The molecule has 0 saturated heterocycles. The van der Waals surface area contributed by atoms with Crippen LogP contribution in [0.3, 0.4) is 0 Å². The summed E-state index contributed by atoms with van der Waals surface area (Å²) in [5.41, 5.74) is 5.29. The molecule has 5 nitrogen and oxygen atoms in total. The standard InChI is InChI=1S/C15H23N3O2/c1-3-15(4-2,12-17)14(19)18(9-6-8-16)11-13-7-5-10-20-13/h5,7,10H,3-4,6,9,11-12,17H2,1-2H3. The number of nitriles is 1. The van der Waals surface area contributed by atoms with Gasteiger partial charge in [-0.05, 0) is 25.0 Å². The quantitative estimate of drug-likeness (QED) is 0.790. The number of carbonyl (C=O) groups excluding carboxylic acids is 1. The van der Waals surface area contributed by atoms with Crippen LogP contribution in [0.2, 0.25) is 0 Å². The van der Waals surface area contributed by atoms with Gasteiger partial charge in [-0.2, -0.15) is 5.26 Å². The molecule has 2 N–H and O–H groups in total. The van der Waals surface area contributed by atoms with E-state index in [0.29, 0.717) is 38.9 Å². The van der Waals surface area contributed by atoms with Crippen molar-refractivity contribution in [2.24, 2.45) is 11.1 Å². The Hall–Kier alpha value is -1.80. The zero-order chi connectivity index (χ0) is 15.0. The third-order valence-electron chi connectivity index (χ3n) is 3.91. The molecule has 0 spiro atoms. The molecule has 110 valence electrons. The van der Waals surface area contributed by atoms with Crippen molar-refractivity contribution in [1.82, 2.24) is 4.90 Å². The summed E-state index contributed by atoms with van der Waals surface area (Å²) in [6.45, 7) is 5.06. The number of furan rings is 1. The maximum absolute atomic E-state index is 12.8. The van der Waals surface area contributed by atoms with Gasteiger partial charge in [-0.3, -0.25) is 4.79 Å². The molecular weight excluding hydrogens is 254 g/mol. The Bertz CT molecular complexity index is 436. The van der Waals surface area contributed by atoms with Crippen molar-refractivity contribution >= 4 is 5.91 Å². The Morgan fingerprint density at radius 2 is 2.20 bits per heavy atom. The molecule has 0 radical (unpaired) electrons. The molecule has 20 heavy (non-hydrogen) atoms. The van der Waals surface area contributed by atoms with Crippen LogP contribution in [-0.2, 0) is 11.3 Å². The highest BCUT2D eigenvalue weighted by atomic mass is 16.3. The third-order valence-corrected chi connectivity index (χ3v) is 3.91. The molecule has 0 aliphatic rings. The van der Waals surface area contributed by atoms with E-state index in [-0.39, 0.29) is 5.91 Å². The predicted octanol–water partition coefficient (Wildman–Crippen LogP) is 2.29. The Balaban J connectivity index is 2.91. The molecule has 0 aliphatic carbocycles. The number of hydrogen-bond acceptors (Lipinski definition) is 4. The molecule has 0 atom stereocenters. The van der Waals surface area contributed by atoms with Crippen LogP contribution in [-0.4, -0.2) is 23.9 Å². The van der Waals surface area contributed by atoms with E-state index in [1.54, 1.807) is 17.2 Å². The van der Waals surface area contributed by atoms with Gasteiger partial charge in [0.05, 0.1) is 30.7 Å². The first-order chi connectivity index (χ1) is 9.63. The van der Waals surface area contributed by atoms with Gasteiger partial charge in [0.2, 0.25) is 5.91 Å². The molecule has 0 fully saturated rings. The maximum atomic E-state index is 12.8. The highest BCUT2D eigenvalue weighted by molar-refractivity contribution is 5.83. The highest BCUT2D eigenvalue weighted by Gasteiger charge is 2.36. The number of nitrogens with zero attached hydrogens (tertiary/aromatic N) is 2. The number of nitrogens with two attached hydrogens (primary N) is 1. The van der Waals surface area contributed by atoms with Gasteiger partial charge in [0.15, 0.2) is 0 Å². The van der Waals surface area contributed by atoms with Gasteiger partial charge < -0.3 is 15.1 Å². The smallest absolute Gasteiger partial charge is 0.230 e. The van der Waals surface area contributed by atoms with Crippen molar-refractivity contribution in [1.29, 1.82) is 5.26 Å². The average molecular weight is 277 g/mol. The molecule has 1 rings (SSSR count). The Kier molecular flexibility index (Phi) is 6.26. The van der Waals surface area contributed by atoms with Crippen molar-refractivity contribution in [3.8, 4) is 6.07 Å². The lowest BCUT2D eigenvalue weighted by Crippen LogP contribution is -2.47. The molecule has 0 bridgehead atoms. The van der Waals surface area contributed by atoms with Crippen molar-refractivity contribution in [3.05, 3.63) is 24.2 Å². The normalized spacial score (nSPS) is 11.1. The lowest BCUT2D eigenvalue weighted by molar-refractivity contribution is -0.143. The first-order valence-electron chi connectivity index (χ1n) is 7.02. The summed E-state index contributed by atoms with van der Waals surface area (Å²) < 4.78 is 5.30. The molecule has 0 aromatic carbocycles. The number of rotatable bonds is 8. The van der Waals surface area contributed by atoms with Crippen molar-refractivity contribution in [2.75, 3.05) is 13.1 Å². The highest BCUT2D eigenvalue weighted by Crippen LogP contribution is 2.28. The van der Waals surface area contributed by atoms with Gasteiger partial charge in [0.25, 0.3) is 0 Å². The lowest BCUT2D eigenvalue weighted by atomic mass is 9.81. The van der Waals surface area contributed by atoms with E-state index in [4.69, 9.17) is 15.4 Å². The fraction of sp³-hybridized carbons (Fsp3) is 0.600. The average Bonchev–Trinajstić information content (AvgIpc) is 2.98. The van der Waals surface area contributed by atoms with Crippen LogP contribution in [0.1, 0.15) is 38.9 Å². The summed E-state index contributed by atoms with van der Waals surface area (Å²) in [4.78, 5) is 14.5. The number of amides is 1. The Morgan fingerprint density at radius 3 is 2.65 bits per heavy atom. The first kappa shape index (κ1) is 16.3. The van der Waals surface area contributed by atoms with E-state index in [9.17, 15) is 4.79 Å². The summed E-state index contributed by atoms with van der Waals surface area (Å²) >= 11 is 0. The summed E-state index contributed by atoms with van der Waals surface area (Å²) in [7, 11) is 0. The second kappa shape index (κ2) is 7.71. The van der Waals surface area contributed by atoms with Crippen LogP contribution in [0, 0.1) is 16.7 Å². The summed E-state index contributed by atoms with van der Waals surface area (Å²) in [6, 6.07) is 5.70. The van der Waals surface area contributed by atoms with E-state index >= 15 is 0 Å². The Labute approximate surface area is 120 Å². The van der Waals surface area contributed by atoms with Crippen LogP contribution >= 0.6 is 0 Å². The zero-order valence-electron chi connectivity index (χ0n) is 12.3. The van der Waals surface area contributed by atoms with Crippen LogP contribution in [0.15, 0.2) is 22.8 Å². The SMILES string of the molecule is CCC(CC)(CN)C(=O)N(CCC#N)Cc1ccco1. The molecule has 1 amide bonds. The van der Waals surface area contributed by atoms with Crippen molar-refractivity contribution in [3.63, 3.8) is 0 Å². The second-order valence-electron chi connectivity index (χ2n) is 4.91. The fourth-order valence-electron chi connectivity index (χ4n) is 2.29. The molecule has 5 heteroatoms. The zero-order valence-corrected chi connectivity index (χ0v) is 12.3. The number of carbonyl (C=O) groups is 1. The third kappa shape index (κ3) is 3.61. The van der Waals surface area contributed by atoms with E-state index < -0.39 is 5.41 Å². The minimum absolute atomic E-state index is 0.0108. The van der Waals surface area contributed by atoms with Crippen molar-refractivity contribution < 1.29 is 9.21 Å². The molecule has 1 aromatic heterocycles. The molecule has 1 aromatic rings. The first-order valence-corrected chi connectivity index (χ1v) is 7.02. The summed E-state index contributed by atoms with van der Waals surface area (Å²) in [5.74, 6) is 0.728. The van der Waals surface area contributed by atoms with Gasteiger partial charge in [-0.15, -0.1) is 0 Å². The van der Waals surface area contributed by atoms with E-state index in [2.05, 4.69) is 6.07 Å². The maximum Gasteiger partial charge on any atom is 0.230 e. The van der Waals surface area contributed by atoms with E-state index in [0.717, 1.165) is 5.76 Å². The molecule has 0 saturated carbocycles. The van der Waals surface area contributed by atoms with Gasteiger partial charge in [0.1, 0.15) is 5.76 Å². The topological polar surface area (TPSA) is 83.3 Å². The van der Waals surface area contributed by atoms with Crippen molar-refractivity contribution in [2.45, 2.75) is 39.7 Å². The van der Waals surface area contributed by atoms with Crippen LogP contribution in [0.5, 0.6) is 0 Å². The molecule has 0 aliphatic heterocycles. The monoisotopic (exact) mass is 277 g/mol. The van der Waals surface area contributed by atoms with Crippen LogP contribution in [0.4, 0.5) is 0 Å². The van der Waals surface area contributed by atoms with Crippen LogP contribution in [0.25, 0.3) is 0 Å². The van der Waals surface area contributed by atoms with Gasteiger partial charge >= 0.3 is 0 Å². The van der Waals surface area contributed by atoms with Crippen LogP contribution < -0.4 is 5.73 Å². The second-order valence-corrected chi connectivity index (χ2v) is 4.91. The van der Waals surface area contributed by atoms with E-state index in [1.165, 1.54) is 0 Å². The van der Waals surface area contributed by atoms with Gasteiger partial charge in [-0.1, -0.05) is 13.8 Å². The van der Waals surface area contributed by atoms with Gasteiger partial charge in [-0.25, -0.2) is 0 Å². The molecular formula is C15H23N3O2. The summed E-state index contributed by atoms with van der Waals surface area (Å²) in [6.07, 6.45) is 3.28. The lowest BCUT2D eigenvalue weighted by Gasteiger charge is -2.34. The minimum atomic E-state index is -0.540.